The van der Waals surface area contributed by atoms with E-state index >= 15 is 0 Å². The van der Waals surface area contributed by atoms with E-state index in [1.165, 1.54) is 12.1 Å². The number of aryl methyl sites for hydroxylation is 1. The van der Waals surface area contributed by atoms with Gasteiger partial charge in [-0.1, -0.05) is 6.07 Å². The van der Waals surface area contributed by atoms with Crippen LogP contribution in [0.25, 0.3) is 10.9 Å². The van der Waals surface area contributed by atoms with Crippen molar-refractivity contribution in [2.45, 2.75) is 13.3 Å². The Balaban J connectivity index is 1.78. The molecule has 0 bridgehead atoms. The van der Waals surface area contributed by atoms with Gasteiger partial charge in [-0.25, -0.2) is 9.37 Å². The molecular weight excluding hydrogens is 331 g/mol. The molecule has 136 valence electrons. The Morgan fingerprint density at radius 3 is 2.50 bits per heavy atom. The number of fused-ring (bicyclic) bond motifs is 1. The number of aromatic nitrogens is 1. The number of anilines is 1. The van der Waals surface area contributed by atoms with Crippen molar-refractivity contribution >= 4 is 16.7 Å². The Morgan fingerprint density at radius 1 is 1.00 bits per heavy atom. The van der Waals surface area contributed by atoms with E-state index in [2.05, 4.69) is 9.88 Å². The van der Waals surface area contributed by atoms with Crippen LogP contribution in [0.5, 0.6) is 11.5 Å². The maximum Gasteiger partial charge on any atom is 0.160 e. The molecule has 4 nitrogen and oxygen atoms in total. The van der Waals surface area contributed by atoms with Crippen LogP contribution in [0.2, 0.25) is 0 Å². The van der Waals surface area contributed by atoms with Crippen LogP contribution in [-0.2, 0) is 6.42 Å². The normalized spacial score (nSPS) is 10.8. The second-order valence-electron chi connectivity index (χ2n) is 6.32. The molecule has 0 spiro atoms. The zero-order valence-electron chi connectivity index (χ0n) is 15.5. The third-order valence-corrected chi connectivity index (χ3v) is 4.54. The molecule has 0 amide bonds. The number of ether oxygens (including phenoxy) is 2. The van der Waals surface area contributed by atoms with Crippen molar-refractivity contribution in [3.8, 4) is 11.5 Å². The monoisotopic (exact) mass is 354 g/mol. The van der Waals surface area contributed by atoms with Crippen molar-refractivity contribution in [1.82, 2.24) is 4.98 Å². The second-order valence-corrected chi connectivity index (χ2v) is 6.32. The quantitative estimate of drug-likeness (QED) is 0.658. The summed E-state index contributed by atoms with van der Waals surface area (Å²) >= 11 is 0. The molecule has 3 aromatic rings. The number of rotatable bonds is 6. The topological polar surface area (TPSA) is 34.6 Å². The lowest BCUT2D eigenvalue weighted by atomic mass is 10.1. The van der Waals surface area contributed by atoms with Crippen molar-refractivity contribution in [2.24, 2.45) is 0 Å². The van der Waals surface area contributed by atoms with Crippen LogP contribution in [0.15, 0.2) is 42.5 Å². The summed E-state index contributed by atoms with van der Waals surface area (Å²) in [5.74, 6) is 2.01. The smallest absolute Gasteiger partial charge is 0.160 e. The lowest BCUT2D eigenvalue weighted by Gasteiger charge is -2.20. The summed E-state index contributed by atoms with van der Waals surface area (Å²) in [6.45, 7) is 2.80. The maximum atomic E-state index is 13.5. The number of nitrogens with zero attached hydrogens (tertiary/aromatic N) is 2. The molecule has 0 saturated heterocycles. The summed E-state index contributed by atoms with van der Waals surface area (Å²) in [6, 6.07) is 12.7. The first-order chi connectivity index (χ1) is 12.5. The number of likely N-dealkylation sites (N-methyl/N-ethyl adjacent to an activating group) is 1. The summed E-state index contributed by atoms with van der Waals surface area (Å²) in [5.41, 5.74) is 2.92. The lowest BCUT2D eigenvalue weighted by Crippen LogP contribution is -2.21. The molecular formula is C21H23FN2O2. The number of methoxy groups -OCH3 is 2. The lowest BCUT2D eigenvalue weighted by molar-refractivity contribution is 0.354. The summed E-state index contributed by atoms with van der Waals surface area (Å²) in [6.07, 6.45) is 0.832. The van der Waals surface area contributed by atoms with Gasteiger partial charge in [0, 0.05) is 25.0 Å². The third-order valence-electron chi connectivity index (χ3n) is 4.54. The van der Waals surface area contributed by atoms with Crippen LogP contribution >= 0.6 is 0 Å². The minimum absolute atomic E-state index is 0.269. The van der Waals surface area contributed by atoms with Gasteiger partial charge in [-0.2, -0.15) is 0 Å². The summed E-state index contributed by atoms with van der Waals surface area (Å²) in [7, 11) is 5.25. The largest absolute Gasteiger partial charge is 0.493 e. The van der Waals surface area contributed by atoms with Crippen LogP contribution < -0.4 is 14.4 Å². The van der Waals surface area contributed by atoms with Gasteiger partial charge in [-0.15, -0.1) is 0 Å². The molecule has 26 heavy (non-hydrogen) atoms. The number of halogens is 1. The summed E-state index contributed by atoms with van der Waals surface area (Å²) < 4.78 is 24.2. The minimum Gasteiger partial charge on any atom is -0.493 e. The maximum absolute atomic E-state index is 13.5. The molecule has 1 aromatic heterocycles. The first-order valence-corrected chi connectivity index (χ1v) is 8.50. The molecule has 0 radical (unpaired) electrons. The molecule has 2 aromatic carbocycles. The predicted molar refractivity (Wildman–Crippen MR) is 103 cm³/mol. The van der Waals surface area contributed by atoms with Gasteiger partial charge in [0.2, 0.25) is 0 Å². The average Bonchev–Trinajstić information content (AvgIpc) is 2.65. The van der Waals surface area contributed by atoms with Crippen molar-refractivity contribution in [3.05, 3.63) is 59.4 Å². The molecule has 0 atom stereocenters. The molecule has 0 aliphatic carbocycles. The van der Waals surface area contributed by atoms with Gasteiger partial charge in [-0.05, 0) is 54.8 Å². The number of hydrogen-bond acceptors (Lipinski definition) is 4. The molecule has 0 unspecified atom stereocenters. The predicted octanol–water partition coefficient (Wildman–Crippen LogP) is 4.38. The van der Waals surface area contributed by atoms with E-state index in [-0.39, 0.29) is 5.82 Å². The Labute approximate surface area is 153 Å². The standard InChI is InChI=1S/C21H23FN2O2/c1-14-11-21(23-18-13-16(22)6-7-17(14)18)24(2)10-9-15-5-8-19(25-3)20(12-15)26-4/h5-8,11-13H,9-10H2,1-4H3. The van der Waals surface area contributed by atoms with Crippen LogP contribution in [0, 0.1) is 12.7 Å². The van der Waals surface area contributed by atoms with E-state index in [1.807, 2.05) is 38.2 Å². The molecule has 1 heterocycles. The zero-order valence-corrected chi connectivity index (χ0v) is 15.5. The first kappa shape index (κ1) is 18.0. The minimum atomic E-state index is -0.269. The van der Waals surface area contributed by atoms with Gasteiger partial charge in [0.1, 0.15) is 11.6 Å². The number of hydrogen-bond donors (Lipinski definition) is 0. The highest BCUT2D eigenvalue weighted by Gasteiger charge is 2.09. The van der Waals surface area contributed by atoms with E-state index in [1.54, 1.807) is 20.3 Å². The van der Waals surface area contributed by atoms with Crippen molar-refractivity contribution in [1.29, 1.82) is 0 Å². The first-order valence-electron chi connectivity index (χ1n) is 8.50. The van der Waals surface area contributed by atoms with E-state index in [4.69, 9.17) is 9.47 Å². The van der Waals surface area contributed by atoms with Gasteiger partial charge in [0.05, 0.1) is 19.7 Å². The Hall–Kier alpha value is -2.82. The fourth-order valence-corrected chi connectivity index (χ4v) is 3.00. The summed E-state index contributed by atoms with van der Waals surface area (Å²) in [5, 5.41) is 0.975. The van der Waals surface area contributed by atoms with E-state index in [0.29, 0.717) is 5.52 Å². The van der Waals surface area contributed by atoms with Gasteiger partial charge in [0.25, 0.3) is 0 Å². The highest BCUT2D eigenvalue weighted by Crippen LogP contribution is 2.28. The third kappa shape index (κ3) is 3.72. The second kappa shape index (κ2) is 7.60. The van der Waals surface area contributed by atoms with Crippen molar-refractivity contribution in [2.75, 3.05) is 32.7 Å². The fraction of sp³-hybridized carbons (Fsp3) is 0.286. The highest BCUT2D eigenvalue weighted by atomic mass is 19.1. The molecule has 0 aliphatic rings. The fourth-order valence-electron chi connectivity index (χ4n) is 3.00. The number of benzene rings is 2. The molecule has 3 rings (SSSR count). The average molecular weight is 354 g/mol. The van der Waals surface area contributed by atoms with Crippen molar-refractivity contribution in [3.63, 3.8) is 0 Å². The molecule has 0 fully saturated rings. The SMILES string of the molecule is COc1ccc(CCN(C)c2cc(C)c3ccc(F)cc3n2)cc1OC. The van der Waals surface area contributed by atoms with Crippen LogP contribution in [0.4, 0.5) is 10.2 Å². The Kier molecular flexibility index (Phi) is 5.26. The number of pyridine rings is 1. The van der Waals surface area contributed by atoms with Gasteiger partial charge >= 0.3 is 0 Å². The molecule has 0 N–H and O–H groups in total. The molecule has 0 aliphatic heterocycles. The Morgan fingerprint density at radius 2 is 1.77 bits per heavy atom. The molecule has 5 heteroatoms. The van der Waals surface area contributed by atoms with E-state index < -0.39 is 0 Å². The van der Waals surface area contributed by atoms with E-state index in [0.717, 1.165) is 46.8 Å². The van der Waals surface area contributed by atoms with Crippen molar-refractivity contribution < 1.29 is 13.9 Å². The van der Waals surface area contributed by atoms with Crippen LogP contribution in [-0.4, -0.2) is 32.8 Å². The molecule has 0 saturated carbocycles. The zero-order chi connectivity index (χ0) is 18.7. The van der Waals surface area contributed by atoms with Gasteiger partial charge in [0.15, 0.2) is 11.5 Å². The van der Waals surface area contributed by atoms with Crippen LogP contribution in [0.3, 0.4) is 0 Å². The Bertz CT molecular complexity index is 927. The van der Waals surface area contributed by atoms with E-state index in [9.17, 15) is 4.39 Å². The van der Waals surface area contributed by atoms with Gasteiger partial charge in [-0.3, -0.25) is 0 Å². The van der Waals surface area contributed by atoms with Crippen LogP contribution in [0.1, 0.15) is 11.1 Å². The van der Waals surface area contributed by atoms with Gasteiger partial charge < -0.3 is 14.4 Å². The summed E-state index contributed by atoms with van der Waals surface area (Å²) in [4.78, 5) is 6.69. The highest BCUT2D eigenvalue weighted by molar-refractivity contribution is 5.83.